The molecule has 2 rings (SSSR count). The highest BCUT2D eigenvalue weighted by Crippen LogP contribution is 2.27. The number of carbonyl (C=O) groups excluding carboxylic acids is 1. The molecule has 0 unspecified atom stereocenters. The number of carbonyl (C=O) groups is 1. The molecule has 1 saturated heterocycles. The lowest BCUT2D eigenvalue weighted by atomic mass is 10.1. The number of anilines is 1. The second kappa shape index (κ2) is 9.34. The average Bonchev–Trinajstić information content (AvgIpc) is 2.60. The number of nitrogens with zero attached hydrogens (tertiary/aromatic N) is 2. The van der Waals surface area contributed by atoms with Crippen LogP contribution >= 0.6 is 0 Å². The van der Waals surface area contributed by atoms with E-state index in [1.807, 2.05) is 32.0 Å². The van der Waals surface area contributed by atoms with E-state index in [-0.39, 0.29) is 12.5 Å². The Bertz CT molecular complexity index is 715. The predicted molar refractivity (Wildman–Crippen MR) is 103 cm³/mol. The molecule has 1 aromatic carbocycles. The van der Waals surface area contributed by atoms with E-state index in [0.29, 0.717) is 31.9 Å². The van der Waals surface area contributed by atoms with Crippen molar-refractivity contribution in [3.05, 3.63) is 29.3 Å². The molecule has 8 heteroatoms. The largest absolute Gasteiger partial charge is 0.379 e. The van der Waals surface area contributed by atoms with Crippen LogP contribution in [0.1, 0.15) is 18.1 Å². The highest BCUT2D eigenvalue weighted by atomic mass is 32.2. The lowest BCUT2D eigenvalue weighted by Crippen LogP contribution is -2.45. The Hall–Kier alpha value is -1.64. The highest BCUT2D eigenvalue weighted by Gasteiger charge is 2.24. The molecular formula is C18H29N3O4S. The first-order chi connectivity index (χ1) is 12.3. The summed E-state index contributed by atoms with van der Waals surface area (Å²) < 4.78 is 31.2. The third-order valence-electron chi connectivity index (χ3n) is 4.49. The maximum absolute atomic E-state index is 12.4. The van der Waals surface area contributed by atoms with Gasteiger partial charge in [0.05, 0.1) is 25.2 Å². The Morgan fingerprint density at radius 3 is 2.62 bits per heavy atom. The predicted octanol–water partition coefficient (Wildman–Crippen LogP) is 0.772. The zero-order chi connectivity index (χ0) is 19.2. The molecule has 1 heterocycles. The molecule has 0 atom stereocenters. The number of aryl methyl sites for hydroxylation is 2. The molecule has 1 aromatic rings. The van der Waals surface area contributed by atoms with E-state index in [0.717, 1.165) is 37.0 Å². The van der Waals surface area contributed by atoms with Gasteiger partial charge in [-0.15, -0.1) is 0 Å². The molecule has 1 aliphatic rings. The summed E-state index contributed by atoms with van der Waals surface area (Å²) in [4.78, 5) is 14.6. The quantitative estimate of drug-likeness (QED) is 0.717. The second-order valence-electron chi connectivity index (χ2n) is 6.51. The van der Waals surface area contributed by atoms with Gasteiger partial charge in [0, 0.05) is 26.2 Å². The van der Waals surface area contributed by atoms with Crippen molar-refractivity contribution in [1.82, 2.24) is 10.2 Å². The molecule has 0 saturated carbocycles. The third-order valence-corrected chi connectivity index (χ3v) is 5.61. The van der Waals surface area contributed by atoms with Crippen LogP contribution in [0.2, 0.25) is 0 Å². The van der Waals surface area contributed by atoms with Gasteiger partial charge in [-0.1, -0.05) is 25.1 Å². The first-order valence-corrected chi connectivity index (χ1v) is 10.8. The molecular weight excluding hydrogens is 354 g/mol. The maximum atomic E-state index is 12.4. The van der Waals surface area contributed by atoms with Crippen LogP contribution in [0.5, 0.6) is 0 Å². The molecule has 0 aliphatic carbocycles. The summed E-state index contributed by atoms with van der Waals surface area (Å²) in [7, 11) is -3.57. The molecule has 1 aliphatic heterocycles. The van der Waals surface area contributed by atoms with Gasteiger partial charge < -0.3 is 10.1 Å². The summed E-state index contributed by atoms with van der Waals surface area (Å²) in [6, 6.07) is 5.67. The van der Waals surface area contributed by atoms with Crippen molar-refractivity contribution >= 4 is 21.6 Å². The fourth-order valence-electron chi connectivity index (χ4n) is 3.09. The standard InChI is InChI=1S/C18H29N3O4S/c1-4-16-7-5-6-15(2)18(16)21(26(3,23)24)14-17(22)19-8-9-20-10-12-25-13-11-20/h5-7H,4,8-14H2,1-3H3,(H,19,22). The molecule has 0 radical (unpaired) electrons. The minimum absolute atomic E-state index is 0.209. The van der Waals surface area contributed by atoms with Gasteiger partial charge in [-0.3, -0.25) is 14.0 Å². The monoisotopic (exact) mass is 383 g/mol. The summed E-state index contributed by atoms with van der Waals surface area (Å²) in [5.74, 6) is -0.297. The van der Waals surface area contributed by atoms with E-state index in [4.69, 9.17) is 4.74 Å². The van der Waals surface area contributed by atoms with Crippen molar-refractivity contribution in [2.45, 2.75) is 20.3 Å². The van der Waals surface area contributed by atoms with Crippen LogP contribution in [-0.2, 0) is 26.0 Å². The van der Waals surface area contributed by atoms with Crippen molar-refractivity contribution in [1.29, 1.82) is 0 Å². The molecule has 1 amide bonds. The average molecular weight is 384 g/mol. The van der Waals surface area contributed by atoms with E-state index in [9.17, 15) is 13.2 Å². The lowest BCUT2D eigenvalue weighted by Gasteiger charge is -2.27. The lowest BCUT2D eigenvalue weighted by molar-refractivity contribution is -0.119. The number of benzene rings is 1. The Morgan fingerprint density at radius 2 is 2.00 bits per heavy atom. The normalized spacial score (nSPS) is 15.7. The molecule has 26 heavy (non-hydrogen) atoms. The van der Waals surface area contributed by atoms with Gasteiger partial charge >= 0.3 is 0 Å². The minimum Gasteiger partial charge on any atom is -0.379 e. The summed E-state index contributed by atoms with van der Waals surface area (Å²) in [6.07, 6.45) is 1.83. The number of rotatable bonds is 8. The number of para-hydroxylation sites is 1. The molecule has 0 aromatic heterocycles. The highest BCUT2D eigenvalue weighted by molar-refractivity contribution is 7.92. The van der Waals surface area contributed by atoms with Crippen LogP contribution in [0.15, 0.2) is 18.2 Å². The molecule has 0 spiro atoms. The molecule has 1 N–H and O–H groups in total. The van der Waals surface area contributed by atoms with E-state index in [2.05, 4.69) is 10.2 Å². The van der Waals surface area contributed by atoms with Gasteiger partial charge in [0.2, 0.25) is 15.9 Å². The Labute approximate surface area is 156 Å². The number of hydrogen-bond donors (Lipinski definition) is 1. The van der Waals surface area contributed by atoms with Crippen LogP contribution < -0.4 is 9.62 Å². The zero-order valence-corrected chi connectivity index (χ0v) is 16.6. The zero-order valence-electron chi connectivity index (χ0n) is 15.8. The van der Waals surface area contributed by atoms with Crippen molar-refractivity contribution in [3.63, 3.8) is 0 Å². The van der Waals surface area contributed by atoms with Crippen molar-refractivity contribution in [2.75, 3.05) is 56.5 Å². The van der Waals surface area contributed by atoms with Gasteiger partial charge in [-0.25, -0.2) is 8.42 Å². The topological polar surface area (TPSA) is 79.0 Å². The van der Waals surface area contributed by atoms with E-state index < -0.39 is 10.0 Å². The number of amides is 1. The van der Waals surface area contributed by atoms with Gasteiger partial charge in [-0.2, -0.15) is 0 Å². The van der Waals surface area contributed by atoms with E-state index in [1.54, 1.807) is 0 Å². The number of sulfonamides is 1. The summed E-state index contributed by atoms with van der Waals surface area (Å²) in [6.45, 7) is 7.99. The SMILES string of the molecule is CCc1cccc(C)c1N(CC(=O)NCCN1CCOCC1)S(C)(=O)=O. The molecule has 146 valence electrons. The van der Waals surface area contributed by atoms with Gasteiger partial charge in [0.1, 0.15) is 6.54 Å². The Balaban J connectivity index is 2.03. The fraction of sp³-hybridized carbons (Fsp3) is 0.611. The van der Waals surface area contributed by atoms with Crippen LogP contribution in [-0.4, -0.2) is 71.4 Å². The number of nitrogens with one attached hydrogen (secondary N) is 1. The number of morpholine rings is 1. The Kier molecular flexibility index (Phi) is 7.43. The van der Waals surface area contributed by atoms with Crippen LogP contribution in [0.4, 0.5) is 5.69 Å². The first kappa shape index (κ1) is 20.7. The smallest absolute Gasteiger partial charge is 0.240 e. The third kappa shape index (κ3) is 5.69. The van der Waals surface area contributed by atoms with Crippen molar-refractivity contribution in [3.8, 4) is 0 Å². The van der Waals surface area contributed by atoms with Gasteiger partial charge in [0.15, 0.2) is 0 Å². The minimum atomic E-state index is -3.57. The van der Waals surface area contributed by atoms with E-state index >= 15 is 0 Å². The first-order valence-electron chi connectivity index (χ1n) is 8.96. The van der Waals surface area contributed by atoms with Gasteiger partial charge in [-0.05, 0) is 24.5 Å². The van der Waals surface area contributed by atoms with Crippen LogP contribution in [0.25, 0.3) is 0 Å². The maximum Gasteiger partial charge on any atom is 0.240 e. The summed E-state index contributed by atoms with van der Waals surface area (Å²) in [5.41, 5.74) is 2.37. The number of hydrogen-bond acceptors (Lipinski definition) is 5. The van der Waals surface area contributed by atoms with Crippen molar-refractivity contribution < 1.29 is 17.9 Å². The molecule has 0 bridgehead atoms. The fourth-order valence-corrected chi connectivity index (χ4v) is 4.03. The van der Waals surface area contributed by atoms with Gasteiger partial charge in [0.25, 0.3) is 0 Å². The summed E-state index contributed by atoms with van der Waals surface area (Å²) in [5, 5.41) is 2.83. The number of ether oxygens (including phenoxy) is 1. The van der Waals surface area contributed by atoms with Crippen LogP contribution in [0, 0.1) is 6.92 Å². The van der Waals surface area contributed by atoms with E-state index in [1.165, 1.54) is 4.31 Å². The Morgan fingerprint density at radius 1 is 1.31 bits per heavy atom. The van der Waals surface area contributed by atoms with Crippen molar-refractivity contribution in [2.24, 2.45) is 0 Å². The summed E-state index contributed by atoms with van der Waals surface area (Å²) >= 11 is 0. The van der Waals surface area contributed by atoms with Crippen LogP contribution in [0.3, 0.4) is 0 Å². The molecule has 7 nitrogen and oxygen atoms in total. The molecule has 1 fully saturated rings. The second-order valence-corrected chi connectivity index (χ2v) is 8.42.